The van der Waals surface area contributed by atoms with Gasteiger partial charge in [0.1, 0.15) is 24.3 Å². The Morgan fingerprint density at radius 1 is 1.13 bits per heavy atom. The largest absolute Gasteiger partial charge is 0.497 e. The first-order chi connectivity index (χ1) is 18.4. The first-order valence-electron chi connectivity index (χ1n) is 12.6. The number of rotatable bonds is 10. The number of methoxy groups -OCH3 is 1. The van der Waals surface area contributed by atoms with Crippen LogP contribution < -0.4 is 9.47 Å². The molecule has 0 N–H and O–H groups in total. The zero-order chi connectivity index (χ0) is 28.9. The van der Waals surface area contributed by atoms with Crippen LogP contribution in [-0.4, -0.2) is 66.0 Å². The summed E-state index contributed by atoms with van der Waals surface area (Å²) < 4.78 is 49.9. The predicted molar refractivity (Wildman–Crippen MR) is 135 cm³/mol. The van der Waals surface area contributed by atoms with Gasteiger partial charge in [-0.3, -0.25) is 19.1 Å². The van der Waals surface area contributed by atoms with Gasteiger partial charge in [0.25, 0.3) is 0 Å². The standard InChI is InChI=1S/C27H35FN2O9/c1-14(2)30-15(3)22(10-19-8-9-20(34-7)11-23(19)28)26(29-30)39-27-25(37-18(6)33)24(36-17(5)32)12-21(38-27)13-35-16(4)31/h8-9,11,14,21,24-25,27H,10,12-13H2,1-7H3/t21-,24-,25+,27-/m0/s1. The van der Waals surface area contributed by atoms with E-state index in [1.807, 2.05) is 20.8 Å². The van der Waals surface area contributed by atoms with Gasteiger partial charge in [-0.2, -0.15) is 0 Å². The van der Waals surface area contributed by atoms with E-state index in [4.69, 9.17) is 28.4 Å². The van der Waals surface area contributed by atoms with Crippen molar-refractivity contribution in [2.24, 2.45) is 0 Å². The van der Waals surface area contributed by atoms with Crippen LogP contribution in [0.4, 0.5) is 4.39 Å². The van der Waals surface area contributed by atoms with Gasteiger partial charge in [0.15, 0.2) is 0 Å². The van der Waals surface area contributed by atoms with Gasteiger partial charge < -0.3 is 28.4 Å². The molecule has 1 aromatic carbocycles. The lowest BCUT2D eigenvalue weighted by Crippen LogP contribution is -2.55. The minimum absolute atomic E-state index is 0.0520. The molecule has 0 aliphatic carbocycles. The fourth-order valence-electron chi connectivity index (χ4n) is 4.38. The van der Waals surface area contributed by atoms with E-state index < -0.39 is 48.3 Å². The Labute approximate surface area is 226 Å². The van der Waals surface area contributed by atoms with E-state index in [1.54, 1.807) is 16.8 Å². The highest BCUT2D eigenvalue weighted by molar-refractivity contribution is 5.67. The smallest absolute Gasteiger partial charge is 0.303 e. The summed E-state index contributed by atoms with van der Waals surface area (Å²) in [5.41, 5.74) is 1.71. The monoisotopic (exact) mass is 550 g/mol. The fraction of sp³-hybridized carbons (Fsp3) is 0.556. The highest BCUT2D eigenvalue weighted by atomic mass is 19.1. The van der Waals surface area contributed by atoms with E-state index in [1.165, 1.54) is 33.9 Å². The minimum Gasteiger partial charge on any atom is -0.497 e. The van der Waals surface area contributed by atoms with Crippen molar-refractivity contribution in [3.8, 4) is 11.6 Å². The van der Waals surface area contributed by atoms with Crippen LogP contribution in [0, 0.1) is 12.7 Å². The normalized spacial score (nSPS) is 20.8. The quantitative estimate of drug-likeness (QED) is 0.321. The number of hydrogen-bond donors (Lipinski definition) is 0. The highest BCUT2D eigenvalue weighted by Crippen LogP contribution is 2.33. The second-order valence-electron chi connectivity index (χ2n) is 9.55. The van der Waals surface area contributed by atoms with E-state index in [0.717, 1.165) is 5.69 Å². The molecule has 11 nitrogen and oxygen atoms in total. The van der Waals surface area contributed by atoms with Crippen molar-refractivity contribution < 1.29 is 47.2 Å². The number of esters is 3. The lowest BCUT2D eigenvalue weighted by atomic mass is 10.0. The second-order valence-corrected chi connectivity index (χ2v) is 9.55. The van der Waals surface area contributed by atoms with Crippen molar-refractivity contribution >= 4 is 17.9 Å². The van der Waals surface area contributed by atoms with E-state index >= 15 is 0 Å². The predicted octanol–water partition coefficient (Wildman–Crippen LogP) is 3.43. The van der Waals surface area contributed by atoms with Crippen molar-refractivity contribution in [1.82, 2.24) is 9.78 Å². The molecule has 0 unspecified atom stereocenters. The van der Waals surface area contributed by atoms with Crippen LogP contribution in [0.25, 0.3) is 0 Å². The molecule has 214 valence electrons. The fourth-order valence-corrected chi connectivity index (χ4v) is 4.38. The average Bonchev–Trinajstić information content (AvgIpc) is 3.15. The molecule has 1 aliphatic heterocycles. The summed E-state index contributed by atoms with van der Waals surface area (Å²) in [6.07, 6.45) is -3.86. The zero-order valence-electron chi connectivity index (χ0n) is 23.2. The van der Waals surface area contributed by atoms with Gasteiger partial charge >= 0.3 is 17.9 Å². The summed E-state index contributed by atoms with van der Waals surface area (Å²) in [4.78, 5) is 35.2. The minimum atomic E-state index is -1.28. The third-order valence-electron chi connectivity index (χ3n) is 6.13. The molecule has 2 aromatic rings. The van der Waals surface area contributed by atoms with Crippen LogP contribution in [0.15, 0.2) is 18.2 Å². The molecule has 0 bridgehead atoms. The zero-order valence-corrected chi connectivity index (χ0v) is 23.2. The van der Waals surface area contributed by atoms with Gasteiger partial charge in [0.2, 0.25) is 18.3 Å². The maximum atomic E-state index is 14.9. The number of aromatic nitrogens is 2. The Morgan fingerprint density at radius 2 is 1.82 bits per heavy atom. The number of halogens is 1. The van der Waals surface area contributed by atoms with Crippen molar-refractivity contribution in [3.05, 3.63) is 40.8 Å². The van der Waals surface area contributed by atoms with Crippen LogP contribution in [0.5, 0.6) is 11.6 Å². The third kappa shape index (κ3) is 7.69. The molecule has 4 atom stereocenters. The second kappa shape index (κ2) is 12.9. The number of benzene rings is 1. The first kappa shape index (κ1) is 29.9. The molecule has 12 heteroatoms. The van der Waals surface area contributed by atoms with E-state index in [2.05, 4.69) is 5.10 Å². The maximum absolute atomic E-state index is 14.9. The Hall–Kier alpha value is -3.67. The maximum Gasteiger partial charge on any atom is 0.303 e. The highest BCUT2D eigenvalue weighted by Gasteiger charge is 2.45. The molecular weight excluding hydrogens is 515 g/mol. The van der Waals surface area contributed by atoms with Crippen molar-refractivity contribution in [1.29, 1.82) is 0 Å². The van der Waals surface area contributed by atoms with Crippen LogP contribution in [0.1, 0.15) is 63.9 Å². The summed E-state index contributed by atoms with van der Waals surface area (Å²) in [6.45, 7) is 9.28. The molecule has 1 saturated heterocycles. The number of hydrogen-bond acceptors (Lipinski definition) is 10. The summed E-state index contributed by atoms with van der Waals surface area (Å²) >= 11 is 0. The first-order valence-corrected chi connectivity index (χ1v) is 12.6. The van der Waals surface area contributed by atoms with Gasteiger partial charge in [-0.05, 0) is 32.4 Å². The van der Waals surface area contributed by atoms with E-state index in [-0.39, 0.29) is 31.4 Å². The summed E-state index contributed by atoms with van der Waals surface area (Å²) in [5, 5.41) is 4.60. The molecule has 0 amide bonds. The Balaban J connectivity index is 2.01. The molecule has 39 heavy (non-hydrogen) atoms. The lowest BCUT2D eigenvalue weighted by molar-refractivity contribution is -0.255. The van der Waals surface area contributed by atoms with Gasteiger partial charge in [0.05, 0.1) is 13.2 Å². The summed E-state index contributed by atoms with van der Waals surface area (Å²) in [7, 11) is 1.46. The van der Waals surface area contributed by atoms with E-state index in [0.29, 0.717) is 16.9 Å². The third-order valence-corrected chi connectivity index (χ3v) is 6.13. The summed E-state index contributed by atoms with van der Waals surface area (Å²) in [5.74, 6) is -1.69. The number of carbonyl (C=O) groups is 3. The van der Waals surface area contributed by atoms with Gasteiger partial charge in [-0.25, -0.2) is 4.39 Å². The van der Waals surface area contributed by atoms with Crippen LogP contribution >= 0.6 is 0 Å². The Morgan fingerprint density at radius 3 is 2.38 bits per heavy atom. The van der Waals surface area contributed by atoms with Crippen molar-refractivity contribution in [2.45, 2.75) is 85.0 Å². The molecule has 1 aliphatic rings. The Kier molecular flexibility index (Phi) is 9.90. The SMILES string of the molecule is COc1ccc(Cc2c(O[C@@H]3O[C@H](COC(C)=O)C[C@H](OC(C)=O)[C@H]3OC(C)=O)nn(C(C)C)c2C)c(F)c1. The van der Waals surface area contributed by atoms with Gasteiger partial charge in [-0.15, -0.1) is 5.10 Å². The molecular formula is C27H35FN2O9. The molecule has 1 fully saturated rings. The van der Waals surface area contributed by atoms with Gasteiger partial charge in [0, 0.05) is 57.0 Å². The Bertz CT molecular complexity index is 1200. The molecule has 0 saturated carbocycles. The number of carbonyl (C=O) groups excluding carboxylic acids is 3. The number of nitrogens with zero attached hydrogens (tertiary/aromatic N) is 2. The van der Waals surface area contributed by atoms with Crippen molar-refractivity contribution in [2.75, 3.05) is 13.7 Å². The van der Waals surface area contributed by atoms with Crippen LogP contribution in [-0.2, 0) is 39.8 Å². The topological polar surface area (TPSA) is 124 Å². The molecule has 0 radical (unpaired) electrons. The van der Waals surface area contributed by atoms with Gasteiger partial charge in [-0.1, -0.05) is 6.07 Å². The van der Waals surface area contributed by atoms with Crippen LogP contribution in [0.3, 0.4) is 0 Å². The lowest BCUT2D eigenvalue weighted by Gasteiger charge is -2.39. The molecule has 1 aromatic heterocycles. The molecule has 2 heterocycles. The van der Waals surface area contributed by atoms with E-state index in [9.17, 15) is 18.8 Å². The van der Waals surface area contributed by atoms with Crippen LogP contribution in [0.2, 0.25) is 0 Å². The number of ether oxygens (including phenoxy) is 6. The molecule has 3 rings (SSSR count). The van der Waals surface area contributed by atoms with Crippen molar-refractivity contribution in [3.63, 3.8) is 0 Å². The average molecular weight is 551 g/mol. The summed E-state index contributed by atoms with van der Waals surface area (Å²) in [6, 6.07) is 4.52. The molecule has 0 spiro atoms.